The van der Waals surface area contributed by atoms with Crippen molar-refractivity contribution in [3.8, 4) is 11.3 Å². The van der Waals surface area contributed by atoms with Gasteiger partial charge in [0.25, 0.3) is 5.56 Å². The summed E-state index contributed by atoms with van der Waals surface area (Å²) < 4.78 is 0. The van der Waals surface area contributed by atoms with Crippen LogP contribution in [0.5, 0.6) is 0 Å². The van der Waals surface area contributed by atoms with E-state index in [9.17, 15) is 4.79 Å². The largest absolute Gasteiger partial charge is 0.352 e. The Morgan fingerprint density at radius 2 is 1.74 bits per heavy atom. The Balaban J connectivity index is 1.59. The SMILES string of the molecule is O=c1cc(-c2ccncc2)[nH]c(NC2Cc3ccccc3C2)n1. The van der Waals surface area contributed by atoms with Gasteiger partial charge < -0.3 is 10.3 Å². The fourth-order valence-corrected chi connectivity index (χ4v) is 3.07. The van der Waals surface area contributed by atoms with Crippen LogP contribution in [-0.2, 0) is 12.8 Å². The normalized spacial score (nSPS) is 13.7. The lowest BCUT2D eigenvalue weighted by molar-refractivity contribution is 0.760. The molecular weight excluding hydrogens is 288 g/mol. The third-order valence-corrected chi connectivity index (χ3v) is 4.13. The molecule has 0 spiro atoms. The predicted octanol–water partition coefficient (Wildman–Crippen LogP) is 2.41. The molecule has 1 aromatic carbocycles. The van der Waals surface area contributed by atoms with Gasteiger partial charge in [-0.3, -0.25) is 9.78 Å². The van der Waals surface area contributed by atoms with Crippen LogP contribution < -0.4 is 10.9 Å². The van der Waals surface area contributed by atoms with Crippen molar-refractivity contribution < 1.29 is 0 Å². The predicted molar refractivity (Wildman–Crippen MR) is 89.3 cm³/mol. The van der Waals surface area contributed by atoms with Crippen LogP contribution >= 0.6 is 0 Å². The van der Waals surface area contributed by atoms with Crippen molar-refractivity contribution in [2.45, 2.75) is 18.9 Å². The van der Waals surface area contributed by atoms with E-state index in [1.54, 1.807) is 12.4 Å². The van der Waals surface area contributed by atoms with E-state index in [0.29, 0.717) is 5.95 Å². The van der Waals surface area contributed by atoms with Crippen LogP contribution in [0, 0.1) is 0 Å². The second-order valence-electron chi connectivity index (χ2n) is 5.74. The Hall–Kier alpha value is -2.95. The second-order valence-corrected chi connectivity index (χ2v) is 5.74. The number of nitrogens with zero attached hydrogens (tertiary/aromatic N) is 2. The number of hydrogen-bond donors (Lipinski definition) is 2. The zero-order valence-electron chi connectivity index (χ0n) is 12.5. The van der Waals surface area contributed by atoms with E-state index in [4.69, 9.17) is 0 Å². The summed E-state index contributed by atoms with van der Waals surface area (Å²) >= 11 is 0. The van der Waals surface area contributed by atoms with Crippen molar-refractivity contribution in [2.75, 3.05) is 5.32 Å². The lowest BCUT2D eigenvalue weighted by Gasteiger charge is -2.13. The summed E-state index contributed by atoms with van der Waals surface area (Å²) in [5, 5.41) is 3.36. The first-order chi connectivity index (χ1) is 11.3. The van der Waals surface area contributed by atoms with Gasteiger partial charge >= 0.3 is 0 Å². The molecule has 0 saturated carbocycles. The van der Waals surface area contributed by atoms with Gasteiger partial charge in [0.2, 0.25) is 5.95 Å². The molecule has 2 aromatic heterocycles. The Kier molecular flexibility index (Phi) is 3.38. The average molecular weight is 304 g/mol. The molecule has 0 aliphatic heterocycles. The first kappa shape index (κ1) is 13.7. The molecule has 114 valence electrons. The summed E-state index contributed by atoms with van der Waals surface area (Å²) in [5.74, 6) is 0.516. The molecule has 1 aliphatic carbocycles. The number of rotatable bonds is 3. The molecule has 0 atom stereocenters. The van der Waals surface area contributed by atoms with E-state index >= 15 is 0 Å². The quantitative estimate of drug-likeness (QED) is 0.779. The molecule has 23 heavy (non-hydrogen) atoms. The van der Waals surface area contributed by atoms with E-state index in [2.05, 4.69) is 44.5 Å². The van der Waals surface area contributed by atoms with Gasteiger partial charge in [-0.15, -0.1) is 0 Å². The van der Waals surface area contributed by atoms with Crippen LogP contribution in [0.1, 0.15) is 11.1 Å². The molecule has 0 unspecified atom stereocenters. The zero-order chi connectivity index (χ0) is 15.6. The highest BCUT2D eigenvalue weighted by Crippen LogP contribution is 2.24. The van der Waals surface area contributed by atoms with Crippen LogP contribution in [0.3, 0.4) is 0 Å². The summed E-state index contributed by atoms with van der Waals surface area (Å²) in [6, 6.07) is 13.9. The van der Waals surface area contributed by atoms with Crippen molar-refractivity contribution in [3.63, 3.8) is 0 Å². The Morgan fingerprint density at radius 3 is 2.43 bits per heavy atom. The van der Waals surface area contributed by atoms with E-state index < -0.39 is 0 Å². The van der Waals surface area contributed by atoms with Crippen LogP contribution in [-0.4, -0.2) is 21.0 Å². The van der Waals surface area contributed by atoms with E-state index in [1.165, 1.54) is 17.2 Å². The summed E-state index contributed by atoms with van der Waals surface area (Å²) in [6.45, 7) is 0. The van der Waals surface area contributed by atoms with Gasteiger partial charge in [-0.05, 0) is 36.1 Å². The highest BCUT2D eigenvalue weighted by molar-refractivity contribution is 5.59. The lowest BCUT2D eigenvalue weighted by Crippen LogP contribution is -2.23. The van der Waals surface area contributed by atoms with Crippen LogP contribution in [0.2, 0.25) is 0 Å². The molecule has 2 heterocycles. The van der Waals surface area contributed by atoms with E-state index in [1.807, 2.05) is 12.1 Å². The number of aromatic nitrogens is 3. The summed E-state index contributed by atoms with van der Waals surface area (Å²) in [7, 11) is 0. The topological polar surface area (TPSA) is 70.7 Å². The monoisotopic (exact) mass is 304 g/mol. The van der Waals surface area contributed by atoms with Crippen molar-refractivity contribution in [1.29, 1.82) is 0 Å². The minimum atomic E-state index is -0.256. The molecule has 5 heteroatoms. The van der Waals surface area contributed by atoms with Gasteiger partial charge in [-0.25, -0.2) is 0 Å². The maximum absolute atomic E-state index is 11.9. The average Bonchev–Trinajstić information content (AvgIpc) is 2.97. The summed E-state index contributed by atoms with van der Waals surface area (Å²) in [6.07, 6.45) is 5.29. The number of hydrogen-bond acceptors (Lipinski definition) is 4. The van der Waals surface area contributed by atoms with Crippen molar-refractivity contribution in [1.82, 2.24) is 15.0 Å². The molecule has 5 nitrogen and oxygen atoms in total. The maximum Gasteiger partial charge on any atom is 0.275 e. The fourth-order valence-electron chi connectivity index (χ4n) is 3.07. The number of H-pyrrole nitrogens is 1. The van der Waals surface area contributed by atoms with Gasteiger partial charge in [0.15, 0.2) is 0 Å². The highest BCUT2D eigenvalue weighted by Gasteiger charge is 2.21. The molecule has 0 amide bonds. The Morgan fingerprint density at radius 1 is 1.04 bits per heavy atom. The number of aromatic amines is 1. The Labute approximate surface area is 133 Å². The van der Waals surface area contributed by atoms with Gasteiger partial charge in [0.05, 0.1) is 5.69 Å². The second kappa shape index (κ2) is 5.68. The standard InChI is InChI=1S/C18H16N4O/c23-17-11-16(12-5-7-19-8-6-12)21-18(22-17)20-15-9-13-3-1-2-4-14(13)10-15/h1-8,11,15H,9-10H2,(H2,20,21,22,23). The third-order valence-electron chi connectivity index (χ3n) is 4.13. The van der Waals surface area contributed by atoms with Crippen molar-refractivity contribution in [3.05, 3.63) is 76.3 Å². The molecule has 0 bridgehead atoms. The van der Waals surface area contributed by atoms with E-state index in [0.717, 1.165) is 24.1 Å². The third kappa shape index (κ3) is 2.85. The number of nitrogens with one attached hydrogen (secondary N) is 2. The first-order valence-corrected chi connectivity index (χ1v) is 7.63. The van der Waals surface area contributed by atoms with Crippen LogP contribution in [0.25, 0.3) is 11.3 Å². The number of pyridine rings is 1. The van der Waals surface area contributed by atoms with Gasteiger partial charge in [0.1, 0.15) is 0 Å². The van der Waals surface area contributed by atoms with Crippen LogP contribution in [0.15, 0.2) is 59.7 Å². The lowest BCUT2D eigenvalue weighted by atomic mass is 10.1. The molecule has 0 saturated heterocycles. The molecule has 1 aliphatic rings. The molecule has 2 N–H and O–H groups in total. The fraction of sp³-hybridized carbons (Fsp3) is 0.167. The first-order valence-electron chi connectivity index (χ1n) is 7.63. The van der Waals surface area contributed by atoms with Crippen molar-refractivity contribution >= 4 is 5.95 Å². The van der Waals surface area contributed by atoms with Crippen molar-refractivity contribution in [2.24, 2.45) is 0 Å². The van der Waals surface area contributed by atoms with Gasteiger partial charge in [-0.2, -0.15) is 4.98 Å². The van der Waals surface area contributed by atoms with Crippen LogP contribution in [0.4, 0.5) is 5.95 Å². The number of anilines is 1. The smallest absolute Gasteiger partial charge is 0.275 e. The Bertz CT molecular complexity index is 864. The van der Waals surface area contributed by atoms with Gasteiger partial charge in [-0.1, -0.05) is 24.3 Å². The number of benzene rings is 1. The zero-order valence-corrected chi connectivity index (χ0v) is 12.5. The molecular formula is C18H16N4O. The molecule has 0 radical (unpaired) electrons. The minimum absolute atomic E-state index is 0.253. The number of fused-ring (bicyclic) bond motifs is 1. The molecule has 3 aromatic rings. The molecule has 4 rings (SSSR count). The summed E-state index contributed by atoms with van der Waals surface area (Å²) in [5.41, 5.74) is 4.12. The summed E-state index contributed by atoms with van der Waals surface area (Å²) in [4.78, 5) is 23.1. The minimum Gasteiger partial charge on any atom is -0.352 e. The highest BCUT2D eigenvalue weighted by atomic mass is 16.1. The molecule has 0 fully saturated rings. The van der Waals surface area contributed by atoms with Gasteiger partial charge in [0, 0.05) is 30.1 Å². The van der Waals surface area contributed by atoms with E-state index in [-0.39, 0.29) is 11.6 Å². The maximum atomic E-state index is 11.9.